The highest BCUT2D eigenvalue weighted by molar-refractivity contribution is 7.98. The van der Waals surface area contributed by atoms with Gasteiger partial charge < -0.3 is 11.1 Å². The minimum atomic E-state index is 0.0299. The molecule has 0 atom stereocenters. The third-order valence-electron chi connectivity index (χ3n) is 2.74. The molecule has 0 aromatic carbocycles. The van der Waals surface area contributed by atoms with E-state index in [1.807, 2.05) is 17.8 Å². The molecule has 3 nitrogen and oxygen atoms in total. The summed E-state index contributed by atoms with van der Waals surface area (Å²) in [6.45, 7) is 0.632. The van der Waals surface area contributed by atoms with Crippen LogP contribution in [0.3, 0.4) is 0 Å². The van der Waals surface area contributed by atoms with Crippen LogP contribution in [0.2, 0.25) is 0 Å². The highest BCUT2D eigenvalue weighted by Gasteiger charge is 2.16. The molecule has 0 saturated carbocycles. The third kappa shape index (κ3) is 3.70. The summed E-state index contributed by atoms with van der Waals surface area (Å²) < 4.78 is 0. The Hall–Kier alpha value is -0.590. The fourth-order valence-electron chi connectivity index (χ4n) is 1.81. The normalized spacial score (nSPS) is 14.0. The van der Waals surface area contributed by atoms with Gasteiger partial charge in [0.25, 0.3) is 5.91 Å². The number of thiophene rings is 1. The summed E-state index contributed by atoms with van der Waals surface area (Å²) in [5.74, 6) is 2.24. The van der Waals surface area contributed by atoms with E-state index in [1.165, 1.54) is 16.2 Å². The van der Waals surface area contributed by atoms with Gasteiger partial charge in [-0.3, -0.25) is 4.79 Å². The molecule has 1 aliphatic heterocycles. The molecular formula is C12H16N2OS3. The van der Waals surface area contributed by atoms with Crippen molar-refractivity contribution in [2.24, 2.45) is 5.73 Å². The summed E-state index contributed by atoms with van der Waals surface area (Å²) in [5, 5.41) is 2.91. The van der Waals surface area contributed by atoms with Crippen molar-refractivity contribution >= 4 is 46.2 Å². The lowest BCUT2D eigenvalue weighted by Crippen LogP contribution is -2.24. The summed E-state index contributed by atoms with van der Waals surface area (Å²) in [5.41, 5.74) is 6.74. The second-order valence-corrected chi connectivity index (χ2v) is 6.95. The molecule has 1 aromatic heterocycles. The molecule has 0 fully saturated rings. The van der Waals surface area contributed by atoms with Gasteiger partial charge in [0.05, 0.1) is 9.87 Å². The lowest BCUT2D eigenvalue weighted by Gasteiger charge is -2.08. The Morgan fingerprint density at radius 3 is 3.11 bits per heavy atom. The number of nitrogens with two attached hydrogens (primary N) is 1. The van der Waals surface area contributed by atoms with Crippen molar-refractivity contribution in [2.45, 2.75) is 25.0 Å². The van der Waals surface area contributed by atoms with E-state index in [2.05, 4.69) is 5.32 Å². The molecule has 2 heterocycles. The lowest BCUT2D eigenvalue weighted by molar-refractivity contribution is 0.0957. The zero-order valence-corrected chi connectivity index (χ0v) is 12.5. The van der Waals surface area contributed by atoms with Crippen LogP contribution in [0.1, 0.15) is 33.0 Å². The Kier molecular flexibility index (Phi) is 5.03. The fourth-order valence-corrected chi connectivity index (χ4v) is 4.24. The summed E-state index contributed by atoms with van der Waals surface area (Å²) in [6.07, 6.45) is 2.59. The largest absolute Gasteiger partial charge is 0.393 e. The molecule has 0 unspecified atom stereocenters. The van der Waals surface area contributed by atoms with Crippen molar-refractivity contribution in [2.75, 3.05) is 12.3 Å². The minimum Gasteiger partial charge on any atom is -0.393 e. The van der Waals surface area contributed by atoms with Crippen LogP contribution in [0.25, 0.3) is 0 Å². The molecule has 0 saturated heterocycles. The fraction of sp³-hybridized carbons (Fsp3) is 0.500. The lowest BCUT2D eigenvalue weighted by atomic mass is 10.2. The van der Waals surface area contributed by atoms with Crippen LogP contribution in [0.5, 0.6) is 0 Å². The van der Waals surface area contributed by atoms with E-state index in [9.17, 15) is 4.79 Å². The first-order chi connectivity index (χ1) is 8.66. The van der Waals surface area contributed by atoms with Crippen LogP contribution in [0.15, 0.2) is 6.07 Å². The molecule has 3 N–H and O–H groups in total. The Morgan fingerprint density at radius 2 is 2.39 bits per heavy atom. The molecule has 1 amide bonds. The molecule has 0 bridgehead atoms. The van der Waals surface area contributed by atoms with E-state index in [-0.39, 0.29) is 5.91 Å². The molecular weight excluding hydrogens is 284 g/mol. The number of carbonyl (C=O) groups is 1. The van der Waals surface area contributed by atoms with Gasteiger partial charge in [-0.2, -0.15) is 11.8 Å². The van der Waals surface area contributed by atoms with Gasteiger partial charge in [0.15, 0.2) is 0 Å². The molecule has 98 valence electrons. The SMILES string of the molecule is NC(=S)CCCNC(=O)c1cc2c(s1)CCSC2. The maximum Gasteiger partial charge on any atom is 0.261 e. The zero-order valence-electron chi connectivity index (χ0n) is 10.0. The van der Waals surface area contributed by atoms with Crippen molar-refractivity contribution < 1.29 is 4.79 Å². The number of hydrogen-bond donors (Lipinski definition) is 2. The number of rotatable bonds is 5. The van der Waals surface area contributed by atoms with Crippen LogP contribution in [0, 0.1) is 0 Å². The summed E-state index contributed by atoms with van der Waals surface area (Å²) in [7, 11) is 0. The summed E-state index contributed by atoms with van der Waals surface area (Å²) >= 11 is 8.36. The van der Waals surface area contributed by atoms with Gasteiger partial charge >= 0.3 is 0 Å². The van der Waals surface area contributed by atoms with Gasteiger partial charge in [-0.05, 0) is 36.6 Å². The van der Waals surface area contributed by atoms with Gasteiger partial charge in [-0.15, -0.1) is 11.3 Å². The van der Waals surface area contributed by atoms with E-state index in [4.69, 9.17) is 18.0 Å². The van der Waals surface area contributed by atoms with Gasteiger partial charge in [0.2, 0.25) is 0 Å². The first-order valence-corrected chi connectivity index (χ1v) is 8.30. The Labute approximate surface area is 121 Å². The number of thioether (sulfide) groups is 1. The van der Waals surface area contributed by atoms with E-state index in [0.29, 0.717) is 18.0 Å². The van der Waals surface area contributed by atoms with Crippen LogP contribution < -0.4 is 11.1 Å². The summed E-state index contributed by atoms with van der Waals surface area (Å²) in [6, 6.07) is 2.04. The van der Waals surface area contributed by atoms with E-state index >= 15 is 0 Å². The zero-order chi connectivity index (χ0) is 13.0. The van der Waals surface area contributed by atoms with Crippen LogP contribution in [-0.2, 0) is 12.2 Å². The smallest absolute Gasteiger partial charge is 0.261 e. The quantitative estimate of drug-likeness (QED) is 0.647. The van der Waals surface area contributed by atoms with Crippen molar-refractivity contribution in [3.63, 3.8) is 0 Å². The van der Waals surface area contributed by atoms with E-state index in [1.54, 1.807) is 11.3 Å². The molecule has 2 rings (SSSR count). The first-order valence-electron chi connectivity index (χ1n) is 5.92. The highest BCUT2D eigenvalue weighted by atomic mass is 32.2. The van der Waals surface area contributed by atoms with Crippen LogP contribution >= 0.6 is 35.3 Å². The van der Waals surface area contributed by atoms with Crippen molar-refractivity contribution in [3.05, 3.63) is 21.4 Å². The second-order valence-electron chi connectivity index (χ2n) is 4.19. The predicted octanol–water partition coefficient (Wildman–Crippen LogP) is 2.33. The number of hydrogen-bond acceptors (Lipinski definition) is 4. The van der Waals surface area contributed by atoms with Gasteiger partial charge in [-0.25, -0.2) is 0 Å². The number of fused-ring (bicyclic) bond motifs is 1. The van der Waals surface area contributed by atoms with Crippen molar-refractivity contribution in [1.82, 2.24) is 5.32 Å². The molecule has 1 aromatic rings. The minimum absolute atomic E-state index is 0.0299. The Balaban J connectivity index is 1.85. The Morgan fingerprint density at radius 1 is 1.56 bits per heavy atom. The maximum atomic E-state index is 11.9. The topological polar surface area (TPSA) is 55.1 Å². The summed E-state index contributed by atoms with van der Waals surface area (Å²) in [4.78, 5) is 14.7. The number of nitrogens with one attached hydrogen (secondary N) is 1. The standard InChI is InChI=1S/C12H16N2OS3/c13-11(16)2-1-4-14-12(15)10-6-8-7-17-5-3-9(8)18-10/h6H,1-5,7H2,(H2,13,16)(H,14,15). The second kappa shape index (κ2) is 6.54. The highest BCUT2D eigenvalue weighted by Crippen LogP contribution is 2.31. The molecule has 18 heavy (non-hydrogen) atoms. The van der Waals surface area contributed by atoms with Gasteiger partial charge in [-0.1, -0.05) is 12.2 Å². The average Bonchev–Trinajstić information content (AvgIpc) is 2.78. The van der Waals surface area contributed by atoms with Gasteiger partial charge in [0.1, 0.15) is 0 Å². The monoisotopic (exact) mass is 300 g/mol. The van der Waals surface area contributed by atoms with Crippen LogP contribution in [0.4, 0.5) is 0 Å². The van der Waals surface area contributed by atoms with E-state index < -0.39 is 0 Å². The molecule has 0 radical (unpaired) electrons. The number of aryl methyl sites for hydroxylation is 1. The van der Waals surface area contributed by atoms with Crippen molar-refractivity contribution in [1.29, 1.82) is 0 Å². The Bertz CT molecular complexity index is 433. The van der Waals surface area contributed by atoms with Crippen LogP contribution in [-0.4, -0.2) is 23.2 Å². The molecule has 1 aliphatic rings. The predicted molar refractivity (Wildman–Crippen MR) is 82.5 cm³/mol. The average molecular weight is 300 g/mol. The maximum absolute atomic E-state index is 11.9. The first kappa shape index (κ1) is 13.8. The third-order valence-corrected chi connectivity index (χ3v) is 5.18. The van der Waals surface area contributed by atoms with Gasteiger partial charge in [0, 0.05) is 17.2 Å². The number of thiocarbonyl (C=S) groups is 1. The molecule has 0 spiro atoms. The number of amides is 1. The number of carbonyl (C=O) groups excluding carboxylic acids is 1. The van der Waals surface area contributed by atoms with Crippen molar-refractivity contribution in [3.8, 4) is 0 Å². The van der Waals surface area contributed by atoms with E-state index in [0.717, 1.165) is 23.5 Å². The molecule has 0 aliphatic carbocycles. The molecule has 6 heteroatoms.